The first kappa shape index (κ1) is 13.5. The summed E-state index contributed by atoms with van der Waals surface area (Å²) in [6.45, 7) is 5.95. The molecule has 100 valence electrons. The molecule has 3 nitrogen and oxygen atoms in total. The van der Waals surface area contributed by atoms with Crippen molar-refractivity contribution in [2.75, 3.05) is 26.3 Å². The molecule has 1 aromatic carbocycles. The lowest BCUT2D eigenvalue weighted by Gasteiger charge is -2.35. The summed E-state index contributed by atoms with van der Waals surface area (Å²) < 4.78 is 5.38. The highest BCUT2D eigenvalue weighted by molar-refractivity contribution is 5.14. The van der Waals surface area contributed by atoms with Gasteiger partial charge >= 0.3 is 0 Å². The summed E-state index contributed by atoms with van der Waals surface area (Å²) in [5, 5.41) is 0. The Labute approximate surface area is 110 Å². The van der Waals surface area contributed by atoms with Gasteiger partial charge < -0.3 is 10.5 Å². The van der Waals surface area contributed by atoms with Gasteiger partial charge in [-0.2, -0.15) is 0 Å². The number of morpholine rings is 1. The highest BCUT2D eigenvalue weighted by Crippen LogP contribution is 2.11. The lowest BCUT2D eigenvalue weighted by molar-refractivity contribution is 0.0146. The van der Waals surface area contributed by atoms with E-state index in [0.29, 0.717) is 6.04 Å². The van der Waals surface area contributed by atoms with Crippen molar-refractivity contribution in [3.8, 4) is 0 Å². The maximum Gasteiger partial charge on any atom is 0.0594 e. The molecule has 18 heavy (non-hydrogen) atoms. The quantitative estimate of drug-likeness (QED) is 0.861. The van der Waals surface area contributed by atoms with Crippen LogP contribution in [0.25, 0.3) is 0 Å². The third-order valence-electron chi connectivity index (χ3n) is 3.85. The van der Waals surface area contributed by atoms with Crippen LogP contribution in [0.15, 0.2) is 30.3 Å². The van der Waals surface area contributed by atoms with E-state index in [1.54, 1.807) is 0 Å². The Morgan fingerprint density at radius 2 is 1.89 bits per heavy atom. The van der Waals surface area contributed by atoms with Gasteiger partial charge in [0.25, 0.3) is 0 Å². The minimum absolute atomic E-state index is 0.239. The van der Waals surface area contributed by atoms with Crippen molar-refractivity contribution < 1.29 is 4.74 Å². The van der Waals surface area contributed by atoms with Gasteiger partial charge in [-0.25, -0.2) is 0 Å². The van der Waals surface area contributed by atoms with Crippen LogP contribution in [0.3, 0.4) is 0 Å². The van der Waals surface area contributed by atoms with E-state index in [-0.39, 0.29) is 6.04 Å². The Balaban J connectivity index is 1.78. The summed E-state index contributed by atoms with van der Waals surface area (Å²) in [4.78, 5) is 2.44. The van der Waals surface area contributed by atoms with Gasteiger partial charge in [-0.05, 0) is 25.3 Å². The molecule has 0 bridgehead atoms. The summed E-state index contributed by atoms with van der Waals surface area (Å²) in [5.74, 6) is 0. The number of benzene rings is 1. The second-order valence-corrected chi connectivity index (χ2v) is 5.08. The third-order valence-corrected chi connectivity index (χ3v) is 3.85. The Bertz CT molecular complexity index is 336. The maximum absolute atomic E-state index is 6.31. The normalized spacial score (nSPS) is 20.6. The molecule has 0 spiro atoms. The minimum Gasteiger partial charge on any atom is -0.379 e. The fourth-order valence-electron chi connectivity index (χ4n) is 2.47. The van der Waals surface area contributed by atoms with Gasteiger partial charge in [0.2, 0.25) is 0 Å². The third kappa shape index (κ3) is 3.80. The van der Waals surface area contributed by atoms with Crippen LogP contribution in [-0.4, -0.2) is 43.3 Å². The molecule has 0 unspecified atom stereocenters. The van der Waals surface area contributed by atoms with E-state index in [0.717, 1.165) is 39.1 Å². The lowest BCUT2D eigenvalue weighted by atomic mass is 10.00. The lowest BCUT2D eigenvalue weighted by Crippen LogP contribution is -2.50. The van der Waals surface area contributed by atoms with Crippen LogP contribution in [-0.2, 0) is 11.2 Å². The summed E-state index contributed by atoms with van der Waals surface area (Å²) in [6, 6.07) is 11.3. The van der Waals surface area contributed by atoms with Crippen molar-refractivity contribution in [1.82, 2.24) is 4.90 Å². The molecule has 0 aromatic heterocycles. The molecule has 1 heterocycles. The van der Waals surface area contributed by atoms with Crippen molar-refractivity contribution in [2.45, 2.75) is 31.8 Å². The van der Waals surface area contributed by atoms with Gasteiger partial charge in [0.05, 0.1) is 13.2 Å². The van der Waals surface area contributed by atoms with Crippen LogP contribution < -0.4 is 5.73 Å². The van der Waals surface area contributed by atoms with Crippen LogP contribution >= 0.6 is 0 Å². The minimum atomic E-state index is 0.239. The predicted molar refractivity (Wildman–Crippen MR) is 74.6 cm³/mol. The number of aryl methyl sites for hydroxylation is 1. The fourth-order valence-corrected chi connectivity index (χ4v) is 2.47. The Kier molecular flexibility index (Phi) is 5.17. The summed E-state index contributed by atoms with van der Waals surface area (Å²) in [7, 11) is 0. The van der Waals surface area contributed by atoms with Crippen LogP contribution in [0.4, 0.5) is 0 Å². The Morgan fingerprint density at radius 1 is 1.22 bits per heavy atom. The van der Waals surface area contributed by atoms with E-state index in [1.165, 1.54) is 5.56 Å². The molecule has 0 amide bonds. The highest BCUT2D eigenvalue weighted by Gasteiger charge is 2.22. The van der Waals surface area contributed by atoms with Crippen LogP contribution in [0, 0.1) is 0 Å². The van der Waals surface area contributed by atoms with Crippen LogP contribution in [0.1, 0.15) is 18.9 Å². The molecular weight excluding hydrogens is 224 g/mol. The second kappa shape index (κ2) is 6.88. The zero-order valence-corrected chi connectivity index (χ0v) is 11.2. The fraction of sp³-hybridized carbons (Fsp3) is 0.600. The number of hydrogen-bond donors (Lipinski definition) is 1. The van der Waals surface area contributed by atoms with Gasteiger partial charge in [-0.1, -0.05) is 30.3 Å². The predicted octanol–water partition coefficient (Wildman–Crippen LogP) is 1.67. The van der Waals surface area contributed by atoms with Crippen LogP contribution in [0.2, 0.25) is 0 Å². The van der Waals surface area contributed by atoms with E-state index in [4.69, 9.17) is 10.5 Å². The van der Waals surface area contributed by atoms with E-state index in [2.05, 4.69) is 42.2 Å². The first-order valence-corrected chi connectivity index (χ1v) is 6.88. The van der Waals surface area contributed by atoms with E-state index < -0.39 is 0 Å². The molecular formula is C15H24N2O. The largest absolute Gasteiger partial charge is 0.379 e. The van der Waals surface area contributed by atoms with Crippen molar-refractivity contribution in [3.05, 3.63) is 35.9 Å². The Morgan fingerprint density at radius 3 is 2.56 bits per heavy atom. The zero-order valence-electron chi connectivity index (χ0n) is 11.2. The first-order valence-electron chi connectivity index (χ1n) is 6.88. The molecule has 2 atom stereocenters. The molecule has 1 aliphatic heterocycles. The highest BCUT2D eigenvalue weighted by atomic mass is 16.5. The second-order valence-electron chi connectivity index (χ2n) is 5.08. The monoisotopic (exact) mass is 248 g/mol. The SMILES string of the molecule is C[C@@H]([C@H](N)CCc1ccccc1)N1CCOCC1. The Hall–Kier alpha value is -0.900. The first-order chi connectivity index (χ1) is 8.77. The molecule has 3 heteroatoms. The molecule has 1 aliphatic rings. The number of ether oxygens (including phenoxy) is 1. The smallest absolute Gasteiger partial charge is 0.0594 e. The zero-order chi connectivity index (χ0) is 12.8. The average molecular weight is 248 g/mol. The molecule has 0 aliphatic carbocycles. The van der Waals surface area contributed by atoms with Crippen molar-refractivity contribution in [2.24, 2.45) is 5.73 Å². The topological polar surface area (TPSA) is 38.5 Å². The maximum atomic E-state index is 6.31. The van der Waals surface area contributed by atoms with Gasteiger partial charge in [0, 0.05) is 25.2 Å². The molecule has 2 N–H and O–H groups in total. The van der Waals surface area contributed by atoms with Gasteiger partial charge in [0.15, 0.2) is 0 Å². The summed E-state index contributed by atoms with van der Waals surface area (Å²) in [5.41, 5.74) is 7.69. The van der Waals surface area contributed by atoms with Gasteiger partial charge in [-0.15, -0.1) is 0 Å². The molecule has 0 radical (unpaired) electrons. The van der Waals surface area contributed by atoms with Crippen molar-refractivity contribution in [1.29, 1.82) is 0 Å². The summed E-state index contributed by atoms with van der Waals surface area (Å²) in [6.07, 6.45) is 2.11. The number of nitrogens with zero attached hydrogens (tertiary/aromatic N) is 1. The number of nitrogens with two attached hydrogens (primary N) is 1. The number of hydrogen-bond acceptors (Lipinski definition) is 3. The average Bonchev–Trinajstić information content (AvgIpc) is 2.46. The molecule has 2 rings (SSSR count). The van der Waals surface area contributed by atoms with Gasteiger partial charge in [-0.3, -0.25) is 4.90 Å². The van der Waals surface area contributed by atoms with Crippen molar-refractivity contribution in [3.63, 3.8) is 0 Å². The van der Waals surface area contributed by atoms with Crippen LogP contribution in [0.5, 0.6) is 0 Å². The van der Waals surface area contributed by atoms with E-state index in [9.17, 15) is 0 Å². The van der Waals surface area contributed by atoms with E-state index in [1.807, 2.05) is 0 Å². The molecule has 1 aromatic rings. The molecule has 0 saturated carbocycles. The van der Waals surface area contributed by atoms with E-state index >= 15 is 0 Å². The summed E-state index contributed by atoms with van der Waals surface area (Å²) >= 11 is 0. The molecule has 1 fully saturated rings. The molecule has 1 saturated heterocycles. The standard InChI is InChI=1S/C15H24N2O/c1-13(17-9-11-18-12-10-17)15(16)8-7-14-5-3-2-4-6-14/h2-6,13,15H,7-12,16H2,1H3/t13-,15+/m0/s1. The van der Waals surface area contributed by atoms with Crippen molar-refractivity contribution >= 4 is 0 Å². The number of rotatable bonds is 5. The van der Waals surface area contributed by atoms with Gasteiger partial charge in [0.1, 0.15) is 0 Å².